The summed E-state index contributed by atoms with van der Waals surface area (Å²) in [7, 11) is 0. The van der Waals surface area contributed by atoms with E-state index < -0.39 is 0 Å². The van der Waals surface area contributed by atoms with E-state index in [0.29, 0.717) is 11.7 Å². The summed E-state index contributed by atoms with van der Waals surface area (Å²) in [4.78, 5) is 12.4. The van der Waals surface area contributed by atoms with Gasteiger partial charge in [-0.3, -0.25) is 4.79 Å². The average Bonchev–Trinajstić information content (AvgIpc) is 2.55. The number of unbranched alkanes of at least 4 members (excludes halogenated alkanes) is 3. The van der Waals surface area contributed by atoms with Gasteiger partial charge in [0.25, 0.3) is 0 Å². The monoisotopic (exact) mass is 306 g/mol. The molecule has 128 valence electrons. The van der Waals surface area contributed by atoms with Crippen molar-refractivity contribution in [1.82, 2.24) is 0 Å². The molecule has 2 fully saturated rings. The molecule has 2 aliphatic rings. The van der Waals surface area contributed by atoms with E-state index in [1.165, 1.54) is 83.5 Å². The molecule has 0 radical (unpaired) electrons. The third-order valence-electron chi connectivity index (χ3n) is 6.48. The lowest BCUT2D eigenvalue weighted by molar-refractivity contribution is -0.127. The van der Waals surface area contributed by atoms with Crippen LogP contribution in [0.4, 0.5) is 0 Å². The lowest BCUT2D eigenvalue weighted by atomic mass is 9.68. The molecule has 0 aromatic carbocycles. The Morgan fingerprint density at radius 3 is 2.09 bits per heavy atom. The molecule has 1 heteroatoms. The predicted octanol–water partition coefficient (Wildman–Crippen LogP) is 6.55. The highest BCUT2D eigenvalue weighted by Crippen LogP contribution is 2.42. The molecule has 2 saturated carbocycles. The lowest BCUT2D eigenvalue weighted by Gasteiger charge is -2.37. The molecule has 0 saturated heterocycles. The fourth-order valence-electron chi connectivity index (χ4n) is 4.89. The Balaban J connectivity index is 1.69. The highest BCUT2D eigenvalue weighted by Gasteiger charge is 2.34. The first-order valence-corrected chi connectivity index (χ1v) is 10.3. The van der Waals surface area contributed by atoms with Gasteiger partial charge in [-0.05, 0) is 49.9 Å². The maximum absolute atomic E-state index is 12.4. The van der Waals surface area contributed by atoms with Crippen LogP contribution in [-0.2, 0) is 4.79 Å². The largest absolute Gasteiger partial charge is 0.299 e. The van der Waals surface area contributed by atoms with Crippen molar-refractivity contribution in [2.24, 2.45) is 23.7 Å². The Morgan fingerprint density at radius 1 is 0.773 bits per heavy atom. The van der Waals surface area contributed by atoms with Crippen molar-refractivity contribution in [3.8, 4) is 0 Å². The zero-order valence-corrected chi connectivity index (χ0v) is 15.1. The smallest absolute Gasteiger partial charge is 0.136 e. The zero-order chi connectivity index (χ0) is 15.8. The van der Waals surface area contributed by atoms with Crippen LogP contribution in [-0.4, -0.2) is 5.78 Å². The van der Waals surface area contributed by atoms with Gasteiger partial charge in [0.2, 0.25) is 0 Å². The van der Waals surface area contributed by atoms with Crippen molar-refractivity contribution in [2.45, 2.75) is 104 Å². The van der Waals surface area contributed by atoms with Crippen LogP contribution in [0.3, 0.4) is 0 Å². The quantitative estimate of drug-likeness (QED) is 0.465. The standard InChI is InChI=1S/C21H38O/c1-3-5-7-9-19-14-15-20(16-21(19)22)18-12-10-17(11-13-18)8-6-4-2/h17-20H,3-16H2,1-2H3. The Morgan fingerprint density at radius 2 is 1.45 bits per heavy atom. The molecule has 2 rings (SSSR count). The number of Topliss-reactive ketones (excluding diaryl/α,β-unsaturated/α-hetero) is 1. The highest BCUT2D eigenvalue weighted by atomic mass is 16.1. The topological polar surface area (TPSA) is 17.1 Å². The van der Waals surface area contributed by atoms with E-state index in [1.54, 1.807) is 0 Å². The zero-order valence-electron chi connectivity index (χ0n) is 15.1. The number of carbonyl (C=O) groups is 1. The first kappa shape index (κ1) is 18.0. The second-order valence-electron chi connectivity index (χ2n) is 8.12. The molecule has 2 aliphatic carbocycles. The fraction of sp³-hybridized carbons (Fsp3) is 0.952. The third kappa shape index (κ3) is 5.39. The summed E-state index contributed by atoms with van der Waals surface area (Å²) < 4.78 is 0. The summed E-state index contributed by atoms with van der Waals surface area (Å²) in [6.45, 7) is 4.55. The summed E-state index contributed by atoms with van der Waals surface area (Å²) in [6, 6.07) is 0. The van der Waals surface area contributed by atoms with Gasteiger partial charge in [-0.1, -0.05) is 65.2 Å². The van der Waals surface area contributed by atoms with Crippen molar-refractivity contribution in [2.75, 3.05) is 0 Å². The van der Waals surface area contributed by atoms with Gasteiger partial charge in [0.1, 0.15) is 5.78 Å². The molecule has 22 heavy (non-hydrogen) atoms. The van der Waals surface area contributed by atoms with E-state index in [0.717, 1.165) is 24.2 Å². The van der Waals surface area contributed by atoms with Gasteiger partial charge in [0, 0.05) is 12.3 Å². The number of rotatable bonds is 8. The second-order valence-corrected chi connectivity index (χ2v) is 8.12. The summed E-state index contributed by atoms with van der Waals surface area (Å²) in [5.74, 6) is 3.64. The Hall–Kier alpha value is -0.330. The van der Waals surface area contributed by atoms with Crippen LogP contribution >= 0.6 is 0 Å². The van der Waals surface area contributed by atoms with Gasteiger partial charge in [-0.15, -0.1) is 0 Å². The number of ketones is 1. The second kappa shape index (κ2) is 9.73. The van der Waals surface area contributed by atoms with E-state index >= 15 is 0 Å². The molecule has 0 aromatic heterocycles. The number of hydrogen-bond acceptors (Lipinski definition) is 1. The minimum absolute atomic E-state index is 0.420. The predicted molar refractivity (Wildman–Crippen MR) is 95.0 cm³/mol. The minimum Gasteiger partial charge on any atom is -0.299 e. The van der Waals surface area contributed by atoms with Crippen molar-refractivity contribution in [3.63, 3.8) is 0 Å². The van der Waals surface area contributed by atoms with Crippen LogP contribution in [0.2, 0.25) is 0 Å². The molecule has 2 unspecified atom stereocenters. The lowest BCUT2D eigenvalue weighted by Crippen LogP contribution is -2.31. The van der Waals surface area contributed by atoms with Gasteiger partial charge in [-0.25, -0.2) is 0 Å². The molecular formula is C21H38O. The van der Waals surface area contributed by atoms with Crippen molar-refractivity contribution in [1.29, 1.82) is 0 Å². The maximum Gasteiger partial charge on any atom is 0.136 e. The Labute approximate surface area is 138 Å². The highest BCUT2D eigenvalue weighted by molar-refractivity contribution is 5.81. The van der Waals surface area contributed by atoms with E-state index in [2.05, 4.69) is 13.8 Å². The molecule has 2 atom stereocenters. The van der Waals surface area contributed by atoms with Gasteiger partial charge in [-0.2, -0.15) is 0 Å². The Bertz CT molecular complexity index is 314. The normalized spacial score (nSPS) is 33.1. The van der Waals surface area contributed by atoms with Gasteiger partial charge >= 0.3 is 0 Å². The fourth-order valence-corrected chi connectivity index (χ4v) is 4.89. The summed E-state index contributed by atoms with van der Waals surface area (Å²) in [6.07, 6.45) is 18.4. The SMILES string of the molecule is CCCCCC1CCC(C2CCC(CCCC)CC2)CC1=O. The van der Waals surface area contributed by atoms with Crippen molar-refractivity contribution < 1.29 is 4.79 Å². The molecule has 0 aliphatic heterocycles. The van der Waals surface area contributed by atoms with E-state index in [9.17, 15) is 4.79 Å². The van der Waals surface area contributed by atoms with Crippen molar-refractivity contribution >= 4 is 5.78 Å². The van der Waals surface area contributed by atoms with E-state index in [4.69, 9.17) is 0 Å². The van der Waals surface area contributed by atoms with Gasteiger partial charge in [0.15, 0.2) is 0 Å². The van der Waals surface area contributed by atoms with Crippen LogP contribution in [0.5, 0.6) is 0 Å². The van der Waals surface area contributed by atoms with Crippen LogP contribution < -0.4 is 0 Å². The van der Waals surface area contributed by atoms with Crippen molar-refractivity contribution in [3.05, 3.63) is 0 Å². The number of carbonyl (C=O) groups excluding carboxylic acids is 1. The summed E-state index contributed by atoms with van der Waals surface area (Å²) in [5.41, 5.74) is 0. The summed E-state index contributed by atoms with van der Waals surface area (Å²) in [5, 5.41) is 0. The van der Waals surface area contributed by atoms with Crippen LogP contribution in [0.15, 0.2) is 0 Å². The first-order chi connectivity index (χ1) is 10.7. The molecule has 1 nitrogen and oxygen atoms in total. The first-order valence-electron chi connectivity index (χ1n) is 10.3. The van der Waals surface area contributed by atoms with Crippen LogP contribution in [0.1, 0.15) is 104 Å². The summed E-state index contributed by atoms with van der Waals surface area (Å²) >= 11 is 0. The van der Waals surface area contributed by atoms with Crippen LogP contribution in [0, 0.1) is 23.7 Å². The minimum atomic E-state index is 0.420. The van der Waals surface area contributed by atoms with E-state index in [1.807, 2.05) is 0 Å². The molecule has 0 heterocycles. The van der Waals surface area contributed by atoms with Gasteiger partial charge < -0.3 is 0 Å². The average molecular weight is 307 g/mol. The molecule has 0 bridgehead atoms. The van der Waals surface area contributed by atoms with E-state index in [-0.39, 0.29) is 0 Å². The van der Waals surface area contributed by atoms with Crippen LogP contribution in [0.25, 0.3) is 0 Å². The molecule has 0 N–H and O–H groups in total. The van der Waals surface area contributed by atoms with Gasteiger partial charge in [0.05, 0.1) is 0 Å². The molecular weight excluding hydrogens is 268 g/mol. The molecule has 0 spiro atoms. The maximum atomic E-state index is 12.4. The third-order valence-corrected chi connectivity index (χ3v) is 6.48. The number of hydrogen-bond donors (Lipinski definition) is 0. The molecule has 0 amide bonds. The molecule has 0 aromatic rings. The Kier molecular flexibility index (Phi) is 7.97.